The lowest BCUT2D eigenvalue weighted by molar-refractivity contribution is -0.147. The van der Waals surface area contributed by atoms with Gasteiger partial charge in [-0.25, -0.2) is 0 Å². The molecule has 2 fully saturated rings. The van der Waals surface area contributed by atoms with E-state index in [-0.39, 0.29) is 17.5 Å². The maximum Gasteiger partial charge on any atom is 0.308 e. The zero-order valence-electron chi connectivity index (χ0n) is 12.0. The number of hydrogen-bond acceptors (Lipinski definition) is 2. The molecular weight excluding hydrogens is 226 g/mol. The molecule has 1 N–H and O–H groups in total. The topological polar surface area (TPSA) is 40.5 Å². The Balaban J connectivity index is 2.16. The van der Waals surface area contributed by atoms with Crippen LogP contribution in [0.4, 0.5) is 0 Å². The van der Waals surface area contributed by atoms with Crippen LogP contribution in [0.2, 0.25) is 0 Å². The number of carbonyl (C=O) groups is 1. The first-order chi connectivity index (χ1) is 8.45. The zero-order chi connectivity index (χ0) is 13.3. The zero-order valence-corrected chi connectivity index (χ0v) is 12.0. The molecule has 104 valence electrons. The van der Waals surface area contributed by atoms with Crippen LogP contribution < -0.4 is 0 Å². The van der Waals surface area contributed by atoms with Crippen molar-refractivity contribution in [3.63, 3.8) is 0 Å². The summed E-state index contributed by atoms with van der Waals surface area (Å²) in [5.74, 6) is -0.00979. The van der Waals surface area contributed by atoms with Gasteiger partial charge in [-0.05, 0) is 58.4 Å². The van der Waals surface area contributed by atoms with Crippen molar-refractivity contribution in [2.24, 2.45) is 11.8 Å². The van der Waals surface area contributed by atoms with Gasteiger partial charge in [-0.3, -0.25) is 9.69 Å². The van der Waals surface area contributed by atoms with Crippen molar-refractivity contribution in [1.29, 1.82) is 0 Å². The van der Waals surface area contributed by atoms with Crippen molar-refractivity contribution < 1.29 is 9.90 Å². The van der Waals surface area contributed by atoms with Crippen molar-refractivity contribution in [3.05, 3.63) is 0 Å². The van der Waals surface area contributed by atoms with E-state index >= 15 is 0 Å². The quantitative estimate of drug-likeness (QED) is 0.840. The fourth-order valence-electron chi connectivity index (χ4n) is 3.98. The second-order valence-corrected chi connectivity index (χ2v) is 6.71. The van der Waals surface area contributed by atoms with Crippen LogP contribution >= 0.6 is 0 Å². The molecule has 1 aliphatic heterocycles. The highest BCUT2D eigenvalue weighted by Gasteiger charge is 2.44. The van der Waals surface area contributed by atoms with Crippen LogP contribution in [0, 0.1) is 11.8 Å². The minimum atomic E-state index is -0.586. The Bertz CT molecular complexity index is 314. The van der Waals surface area contributed by atoms with Gasteiger partial charge in [-0.15, -0.1) is 0 Å². The Morgan fingerprint density at radius 1 is 1.39 bits per heavy atom. The van der Waals surface area contributed by atoms with Gasteiger partial charge in [0.15, 0.2) is 0 Å². The van der Waals surface area contributed by atoms with Gasteiger partial charge in [0.05, 0.1) is 5.92 Å². The molecule has 2 rings (SSSR count). The molecule has 1 heterocycles. The normalized spacial score (nSPS) is 36.7. The molecule has 0 spiro atoms. The molecule has 0 aromatic heterocycles. The van der Waals surface area contributed by atoms with E-state index in [1.165, 1.54) is 19.3 Å². The molecule has 1 aliphatic carbocycles. The number of likely N-dealkylation sites (tertiary alicyclic amines) is 1. The molecule has 0 amide bonds. The monoisotopic (exact) mass is 253 g/mol. The van der Waals surface area contributed by atoms with Crippen LogP contribution in [0.3, 0.4) is 0 Å². The minimum absolute atomic E-state index is 0.148. The van der Waals surface area contributed by atoms with Crippen molar-refractivity contribution in [2.75, 3.05) is 6.54 Å². The number of carboxylic acid groups (broad SMARTS) is 1. The Labute approximate surface area is 111 Å². The van der Waals surface area contributed by atoms with Gasteiger partial charge in [0.25, 0.3) is 0 Å². The van der Waals surface area contributed by atoms with Crippen molar-refractivity contribution in [3.8, 4) is 0 Å². The number of hydrogen-bond donors (Lipinski definition) is 1. The molecule has 0 bridgehead atoms. The van der Waals surface area contributed by atoms with Gasteiger partial charge in [0.2, 0.25) is 0 Å². The van der Waals surface area contributed by atoms with Crippen LogP contribution in [0.25, 0.3) is 0 Å². The summed E-state index contributed by atoms with van der Waals surface area (Å²) in [7, 11) is 0. The molecule has 0 radical (unpaired) electrons. The molecule has 3 atom stereocenters. The van der Waals surface area contributed by atoms with E-state index in [0.717, 1.165) is 31.7 Å². The fourth-order valence-corrected chi connectivity index (χ4v) is 3.98. The third-order valence-corrected chi connectivity index (χ3v) is 5.19. The summed E-state index contributed by atoms with van der Waals surface area (Å²) in [6, 6.07) is 0.263. The fraction of sp³-hybridized carbons (Fsp3) is 0.933. The number of rotatable bonds is 3. The molecule has 3 heteroatoms. The predicted molar refractivity (Wildman–Crippen MR) is 72.6 cm³/mol. The highest BCUT2D eigenvalue weighted by atomic mass is 16.4. The van der Waals surface area contributed by atoms with Gasteiger partial charge in [0.1, 0.15) is 0 Å². The summed E-state index contributed by atoms with van der Waals surface area (Å²) >= 11 is 0. The van der Waals surface area contributed by atoms with Crippen LogP contribution in [0.15, 0.2) is 0 Å². The van der Waals surface area contributed by atoms with Crippen LogP contribution in [0.5, 0.6) is 0 Å². The second-order valence-electron chi connectivity index (χ2n) is 6.71. The van der Waals surface area contributed by atoms with E-state index in [1.54, 1.807) is 0 Å². The Morgan fingerprint density at radius 2 is 2.11 bits per heavy atom. The standard InChI is InChI=1S/C15H27NO2/c1-4-11-6-7-12(14(17)18)13(10-11)16-9-5-8-15(16,2)3/h11-13H,4-10H2,1-3H3,(H,17,18). The summed E-state index contributed by atoms with van der Waals surface area (Å²) < 4.78 is 0. The molecule has 2 aliphatic rings. The van der Waals surface area contributed by atoms with Crippen molar-refractivity contribution >= 4 is 5.97 Å². The van der Waals surface area contributed by atoms with Crippen LogP contribution in [-0.2, 0) is 4.79 Å². The van der Waals surface area contributed by atoms with Crippen LogP contribution in [0.1, 0.15) is 59.3 Å². The lowest BCUT2D eigenvalue weighted by atomic mass is 9.75. The third-order valence-electron chi connectivity index (χ3n) is 5.19. The van der Waals surface area contributed by atoms with E-state index in [1.807, 2.05) is 0 Å². The first kappa shape index (κ1) is 13.9. The maximum atomic E-state index is 11.5. The van der Waals surface area contributed by atoms with E-state index < -0.39 is 5.97 Å². The molecule has 1 saturated carbocycles. The number of carboxylic acids is 1. The first-order valence-electron chi connectivity index (χ1n) is 7.45. The molecule has 3 nitrogen and oxygen atoms in total. The van der Waals surface area contributed by atoms with Gasteiger partial charge >= 0.3 is 5.97 Å². The van der Waals surface area contributed by atoms with E-state index in [9.17, 15) is 9.90 Å². The summed E-state index contributed by atoms with van der Waals surface area (Å²) in [5, 5.41) is 9.47. The molecule has 18 heavy (non-hydrogen) atoms. The highest BCUT2D eigenvalue weighted by molar-refractivity contribution is 5.71. The molecule has 0 aromatic rings. The largest absolute Gasteiger partial charge is 0.481 e. The van der Waals surface area contributed by atoms with Crippen molar-refractivity contribution in [2.45, 2.75) is 70.9 Å². The smallest absolute Gasteiger partial charge is 0.308 e. The predicted octanol–water partition coefficient (Wildman–Crippen LogP) is 3.14. The molecule has 0 aromatic carbocycles. The van der Waals surface area contributed by atoms with E-state index in [0.29, 0.717) is 0 Å². The van der Waals surface area contributed by atoms with Crippen LogP contribution in [-0.4, -0.2) is 34.1 Å². The Kier molecular flexibility index (Phi) is 4.00. The average molecular weight is 253 g/mol. The van der Waals surface area contributed by atoms with Gasteiger partial charge < -0.3 is 5.11 Å². The lowest BCUT2D eigenvalue weighted by Gasteiger charge is -2.45. The third kappa shape index (κ3) is 2.56. The Hall–Kier alpha value is -0.570. The molecule has 3 unspecified atom stereocenters. The molecular formula is C15H27NO2. The average Bonchev–Trinajstić information content (AvgIpc) is 2.67. The minimum Gasteiger partial charge on any atom is -0.481 e. The Morgan fingerprint density at radius 3 is 2.61 bits per heavy atom. The van der Waals surface area contributed by atoms with E-state index in [4.69, 9.17) is 0 Å². The lowest BCUT2D eigenvalue weighted by Crippen LogP contribution is -2.52. The number of aliphatic carboxylic acids is 1. The molecule has 1 saturated heterocycles. The van der Waals surface area contributed by atoms with E-state index in [2.05, 4.69) is 25.7 Å². The van der Waals surface area contributed by atoms with Gasteiger partial charge in [-0.2, -0.15) is 0 Å². The number of nitrogens with zero attached hydrogens (tertiary/aromatic N) is 1. The highest BCUT2D eigenvalue weighted by Crippen LogP contribution is 2.40. The van der Waals surface area contributed by atoms with Gasteiger partial charge in [-0.1, -0.05) is 13.3 Å². The van der Waals surface area contributed by atoms with Crippen molar-refractivity contribution in [1.82, 2.24) is 4.90 Å². The SMILES string of the molecule is CCC1CCC(C(=O)O)C(N2CCCC2(C)C)C1. The van der Waals surface area contributed by atoms with Gasteiger partial charge in [0, 0.05) is 11.6 Å². The summed E-state index contributed by atoms with van der Waals surface area (Å²) in [6.45, 7) is 7.86. The maximum absolute atomic E-state index is 11.5. The first-order valence-corrected chi connectivity index (χ1v) is 7.45. The summed E-state index contributed by atoms with van der Waals surface area (Å²) in [6.07, 6.45) is 6.65. The summed E-state index contributed by atoms with van der Waals surface area (Å²) in [5.41, 5.74) is 0.188. The summed E-state index contributed by atoms with van der Waals surface area (Å²) in [4.78, 5) is 14.0. The second kappa shape index (κ2) is 5.20.